The zero-order valence-electron chi connectivity index (χ0n) is 10.3. The Morgan fingerprint density at radius 3 is 2.82 bits per heavy atom. The van der Waals surface area contributed by atoms with Gasteiger partial charge in [-0.3, -0.25) is 0 Å². The van der Waals surface area contributed by atoms with Crippen LogP contribution < -0.4 is 5.73 Å². The van der Waals surface area contributed by atoms with Gasteiger partial charge >= 0.3 is 0 Å². The van der Waals surface area contributed by atoms with E-state index in [-0.39, 0.29) is 5.41 Å². The van der Waals surface area contributed by atoms with Gasteiger partial charge in [0.1, 0.15) is 0 Å². The zero-order chi connectivity index (χ0) is 12.5. The Morgan fingerprint density at radius 2 is 2.12 bits per heavy atom. The summed E-state index contributed by atoms with van der Waals surface area (Å²) in [6.45, 7) is 4.77. The van der Waals surface area contributed by atoms with Crippen LogP contribution in [0.4, 0.5) is 5.69 Å². The number of hydrogen-bond acceptors (Lipinski definition) is 2. The van der Waals surface area contributed by atoms with Gasteiger partial charge in [0.2, 0.25) is 0 Å². The highest BCUT2D eigenvalue weighted by atomic mass is 15.0. The van der Waals surface area contributed by atoms with Crippen LogP contribution in [0.1, 0.15) is 20.3 Å². The molecule has 0 saturated heterocycles. The summed E-state index contributed by atoms with van der Waals surface area (Å²) in [6, 6.07) is 10.3. The lowest BCUT2D eigenvalue weighted by atomic mass is 9.91. The first-order chi connectivity index (χ1) is 8.03. The number of benzene rings is 1. The van der Waals surface area contributed by atoms with Crippen molar-refractivity contribution >= 4 is 16.6 Å². The summed E-state index contributed by atoms with van der Waals surface area (Å²) in [6.07, 6.45) is 2.87. The molecule has 0 fully saturated rings. The van der Waals surface area contributed by atoms with Crippen molar-refractivity contribution in [2.24, 2.45) is 5.41 Å². The lowest BCUT2D eigenvalue weighted by Crippen LogP contribution is -2.11. The number of hydrogen-bond donors (Lipinski definition) is 1. The van der Waals surface area contributed by atoms with Gasteiger partial charge in [0.15, 0.2) is 0 Å². The van der Waals surface area contributed by atoms with E-state index in [0.29, 0.717) is 0 Å². The Morgan fingerprint density at radius 1 is 1.35 bits per heavy atom. The number of nitriles is 1. The normalized spacial score (nSPS) is 11.6. The van der Waals surface area contributed by atoms with Crippen LogP contribution in [0, 0.1) is 16.7 Å². The molecule has 1 aromatic heterocycles. The third kappa shape index (κ3) is 2.26. The maximum absolute atomic E-state index is 9.00. The Kier molecular flexibility index (Phi) is 2.81. The minimum absolute atomic E-state index is 0.281. The van der Waals surface area contributed by atoms with E-state index in [1.54, 1.807) is 0 Å². The second-order valence-corrected chi connectivity index (χ2v) is 5.03. The van der Waals surface area contributed by atoms with Crippen molar-refractivity contribution in [2.45, 2.75) is 26.8 Å². The van der Waals surface area contributed by atoms with Crippen LogP contribution in [0.15, 0.2) is 30.5 Å². The second-order valence-electron chi connectivity index (χ2n) is 5.03. The van der Waals surface area contributed by atoms with Crippen LogP contribution in [0.5, 0.6) is 0 Å². The summed E-state index contributed by atoms with van der Waals surface area (Å²) < 4.78 is 2.16. The summed E-state index contributed by atoms with van der Waals surface area (Å²) >= 11 is 0. The highest BCUT2D eigenvalue weighted by Crippen LogP contribution is 2.25. The van der Waals surface area contributed by atoms with E-state index in [2.05, 4.69) is 16.7 Å². The number of aryl methyl sites for hydroxylation is 1. The van der Waals surface area contributed by atoms with Gasteiger partial charge in [0, 0.05) is 23.8 Å². The van der Waals surface area contributed by atoms with Crippen molar-refractivity contribution in [3.8, 4) is 6.07 Å². The Hall–Kier alpha value is -1.95. The number of fused-ring (bicyclic) bond motifs is 1. The molecule has 1 heterocycles. The molecular formula is C14H17N3. The van der Waals surface area contributed by atoms with Gasteiger partial charge in [-0.2, -0.15) is 5.26 Å². The lowest BCUT2D eigenvalue weighted by molar-refractivity contribution is 0.417. The minimum atomic E-state index is -0.281. The Bertz CT molecular complexity index is 573. The summed E-state index contributed by atoms with van der Waals surface area (Å²) in [4.78, 5) is 0. The van der Waals surface area contributed by atoms with Gasteiger partial charge in [-0.15, -0.1) is 0 Å². The van der Waals surface area contributed by atoms with E-state index in [4.69, 9.17) is 11.0 Å². The van der Waals surface area contributed by atoms with Crippen molar-refractivity contribution in [1.82, 2.24) is 4.57 Å². The molecule has 2 N–H and O–H groups in total. The van der Waals surface area contributed by atoms with E-state index >= 15 is 0 Å². The van der Waals surface area contributed by atoms with Crippen LogP contribution >= 0.6 is 0 Å². The molecule has 3 heteroatoms. The first kappa shape index (κ1) is 11.5. The van der Waals surface area contributed by atoms with E-state index in [0.717, 1.165) is 29.6 Å². The van der Waals surface area contributed by atoms with Crippen LogP contribution in [0.25, 0.3) is 10.9 Å². The highest BCUT2D eigenvalue weighted by molar-refractivity contribution is 5.91. The van der Waals surface area contributed by atoms with Crippen LogP contribution in [-0.2, 0) is 6.54 Å². The highest BCUT2D eigenvalue weighted by Gasteiger charge is 2.16. The molecule has 0 saturated carbocycles. The summed E-state index contributed by atoms with van der Waals surface area (Å²) in [7, 11) is 0. The van der Waals surface area contributed by atoms with Crippen LogP contribution in [0.3, 0.4) is 0 Å². The van der Waals surface area contributed by atoms with Crippen LogP contribution in [0.2, 0.25) is 0 Å². The van der Waals surface area contributed by atoms with Gasteiger partial charge < -0.3 is 10.3 Å². The van der Waals surface area contributed by atoms with Crippen molar-refractivity contribution in [3.63, 3.8) is 0 Å². The van der Waals surface area contributed by atoms with Crippen molar-refractivity contribution in [2.75, 3.05) is 5.73 Å². The van der Waals surface area contributed by atoms with Crippen molar-refractivity contribution < 1.29 is 0 Å². The molecule has 88 valence electrons. The first-order valence-electron chi connectivity index (χ1n) is 5.78. The molecule has 1 aromatic carbocycles. The summed E-state index contributed by atoms with van der Waals surface area (Å²) in [5.41, 5.74) is 7.58. The lowest BCUT2D eigenvalue weighted by Gasteiger charge is -2.15. The molecule has 0 aliphatic carbocycles. The maximum Gasteiger partial charge on any atom is 0.0684 e. The van der Waals surface area contributed by atoms with Crippen molar-refractivity contribution in [1.29, 1.82) is 5.26 Å². The average Bonchev–Trinajstić information content (AvgIpc) is 2.71. The predicted molar refractivity (Wildman–Crippen MR) is 70.4 cm³/mol. The zero-order valence-corrected chi connectivity index (χ0v) is 10.3. The third-order valence-corrected chi connectivity index (χ3v) is 3.13. The number of anilines is 1. The molecule has 2 aromatic rings. The molecule has 17 heavy (non-hydrogen) atoms. The molecule has 3 nitrogen and oxygen atoms in total. The van der Waals surface area contributed by atoms with Gasteiger partial charge in [-0.05, 0) is 38.5 Å². The fourth-order valence-electron chi connectivity index (χ4n) is 1.90. The molecule has 0 aliphatic rings. The Labute approximate surface area is 101 Å². The van der Waals surface area contributed by atoms with Crippen molar-refractivity contribution in [3.05, 3.63) is 30.5 Å². The molecular weight excluding hydrogens is 210 g/mol. The number of nitrogens with zero attached hydrogens (tertiary/aromatic N) is 2. The smallest absolute Gasteiger partial charge is 0.0684 e. The number of aromatic nitrogens is 1. The molecule has 2 rings (SSSR count). The molecule has 0 aliphatic heterocycles. The first-order valence-corrected chi connectivity index (χ1v) is 5.78. The monoisotopic (exact) mass is 227 g/mol. The number of nitrogens with two attached hydrogens (primary N) is 1. The second kappa shape index (κ2) is 4.14. The standard InChI is InChI=1S/C14H17N3/c1-14(2,10-15)7-9-17-8-6-11-12(16)4-3-5-13(11)17/h3-6,8H,7,9,16H2,1-2H3. The van der Waals surface area contributed by atoms with E-state index < -0.39 is 0 Å². The molecule has 0 bridgehead atoms. The largest absolute Gasteiger partial charge is 0.398 e. The van der Waals surface area contributed by atoms with Gasteiger partial charge in [0.25, 0.3) is 0 Å². The minimum Gasteiger partial charge on any atom is -0.398 e. The molecule has 0 spiro atoms. The fourth-order valence-corrected chi connectivity index (χ4v) is 1.90. The molecule has 0 amide bonds. The van der Waals surface area contributed by atoms with Gasteiger partial charge in [-0.25, -0.2) is 0 Å². The topological polar surface area (TPSA) is 54.7 Å². The quantitative estimate of drug-likeness (QED) is 0.819. The summed E-state index contributed by atoms with van der Waals surface area (Å²) in [5, 5.41) is 10.1. The third-order valence-electron chi connectivity index (χ3n) is 3.13. The maximum atomic E-state index is 9.00. The number of nitrogen functional groups attached to an aromatic ring is 1. The molecule has 0 unspecified atom stereocenters. The SMILES string of the molecule is CC(C)(C#N)CCn1ccc2c(N)cccc21. The number of rotatable bonds is 3. The fraction of sp³-hybridized carbons (Fsp3) is 0.357. The molecule has 0 radical (unpaired) electrons. The van der Waals surface area contributed by atoms with E-state index in [1.807, 2.05) is 38.2 Å². The van der Waals surface area contributed by atoms with Gasteiger partial charge in [-0.1, -0.05) is 6.07 Å². The predicted octanol–water partition coefficient (Wildman–Crippen LogP) is 3.16. The van der Waals surface area contributed by atoms with Gasteiger partial charge in [0.05, 0.1) is 17.0 Å². The summed E-state index contributed by atoms with van der Waals surface area (Å²) in [5.74, 6) is 0. The Balaban J connectivity index is 2.27. The van der Waals surface area contributed by atoms with E-state index in [9.17, 15) is 0 Å². The average molecular weight is 227 g/mol. The van der Waals surface area contributed by atoms with E-state index in [1.165, 1.54) is 0 Å². The van der Waals surface area contributed by atoms with Crippen LogP contribution in [-0.4, -0.2) is 4.57 Å². The molecule has 0 atom stereocenters.